The zero-order valence-corrected chi connectivity index (χ0v) is 12.6. The first-order valence-corrected chi connectivity index (χ1v) is 6.92. The molecule has 0 saturated heterocycles. The van der Waals surface area contributed by atoms with Crippen LogP contribution in [0.1, 0.15) is 16.2 Å². The van der Waals surface area contributed by atoms with Gasteiger partial charge in [0.25, 0.3) is 5.91 Å². The highest BCUT2D eigenvalue weighted by Crippen LogP contribution is 2.12. The molecule has 23 heavy (non-hydrogen) atoms. The van der Waals surface area contributed by atoms with Crippen molar-refractivity contribution >= 4 is 16.8 Å². The Balaban J connectivity index is 2.03. The molecule has 0 radical (unpaired) electrons. The maximum absolute atomic E-state index is 13.4. The van der Waals surface area contributed by atoms with Crippen LogP contribution in [0.15, 0.2) is 45.8 Å². The van der Waals surface area contributed by atoms with Crippen molar-refractivity contribution in [2.75, 3.05) is 7.05 Å². The van der Waals surface area contributed by atoms with E-state index in [2.05, 4.69) is 5.10 Å². The summed E-state index contributed by atoms with van der Waals surface area (Å²) in [7, 11) is 3.14. The molecule has 0 aliphatic heterocycles. The van der Waals surface area contributed by atoms with E-state index in [1.54, 1.807) is 26.2 Å². The maximum Gasteiger partial charge on any atom is 0.278 e. The number of amides is 1. The summed E-state index contributed by atoms with van der Waals surface area (Å²) in [5, 5.41) is 4.16. The molecule has 6 nitrogen and oxygen atoms in total. The first kappa shape index (κ1) is 15.0. The molecule has 3 rings (SSSR count). The molecule has 0 unspecified atom stereocenters. The van der Waals surface area contributed by atoms with Crippen molar-refractivity contribution in [3.8, 4) is 0 Å². The van der Waals surface area contributed by atoms with Gasteiger partial charge in [-0.15, -0.1) is 0 Å². The highest BCUT2D eigenvalue weighted by molar-refractivity contribution is 5.95. The zero-order chi connectivity index (χ0) is 16.6. The molecular formula is C16H14FN3O3. The lowest BCUT2D eigenvalue weighted by molar-refractivity contribution is 0.0766. The standard InChI is InChI=1S/C16H14FN3O3/c1-19(9-11-4-3-7-23-11)16(22)14-15(21)12-8-10(17)5-6-13(12)20(2)18-14/h3-8H,9H2,1-2H3. The Bertz CT molecular complexity index is 932. The smallest absolute Gasteiger partial charge is 0.278 e. The van der Waals surface area contributed by atoms with E-state index in [1.165, 1.54) is 28.0 Å². The molecule has 0 aliphatic rings. The van der Waals surface area contributed by atoms with E-state index < -0.39 is 17.2 Å². The third-order valence-electron chi connectivity index (χ3n) is 3.54. The molecule has 0 spiro atoms. The lowest BCUT2D eigenvalue weighted by Gasteiger charge is -2.15. The number of carbonyl (C=O) groups excluding carboxylic acids is 1. The number of furan rings is 1. The van der Waals surface area contributed by atoms with Crippen molar-refractivity contribution in [2.24, 2.45) is 7.05 Å². The van der Waals surface area contributed by atoms with Crippen molar-refractivity contribution in [1.82, 2.24) is 14.7 Å². The largest absolute Gasteiger partial charge is 0.467 e. The predicted octanol–water partition coefficient (Wildman–Crippen LogP) is 1.94. The van der Waals surface area contributed by atoms with Gasteiger partial charge in [-0.05, 0) is 30.3 Å². The van der Waals surface area contributed by atoms with Gasteiger partial charge in [0.1, 0.15) is 11.6 Å². The molecule has 2 aromatic heterocycles. The summed E-state index contributed by atoms with van der Waals surface area (Å²) < 4.78 is 20.0. The second-order valence-electron chi connectivity index (χ2n) is 5.20. The van der Waals surface area contributed by atoms with Gasteiger partial charge < -0.3 is 9.32 Å². The van der Waals surface area contributed by atoms with E-state index in [9.17, 15) is 14.0 Å². The second kappa shape index (κ2) is 5.68. The van der Waals surface area contributed by atoms with Crippen molar-refractivity contribution in [1.29, 1.82) is 0 Å². The molecule has 7 heteroatoms. The fraction of sp³-hybridized carbons (Fsp3) is 0.188. The Morgan fingerprint density at radius 3 is 2.87 bits per heavy atom. The Hall–Kier alpha value is -2.96. The molecule has 0 N–H and O–H groups in total. The minimum Gasteiger partial charge on any atom is -0.467 e. The van der Waals surface area contributed by atoms with Gasteiger partial charge in [0.2, 0.25) is 5.43 Å². The van der Waals surface area contributed by atoms with E-state index in [0.29, 0.717) is 11.3 Å². The van der Waals surface area contributed by atoms with Crippen LogP contribution in [0.5, 0.6) is 0 Å². The lowest BCUT2D eigenvalue weighted by Crippen LogP contribution is -2.33. The molecule has 0 saturated carbocycles. The molecule has 0 atom stereocenters. The number of rotatable bonds is 3. The van der Waals surface area contributed by atoms with Crippen LogP contribution in [-0.4, -0.2) is 27.6 Å². The average Bonchev–Trinajstić information content (AvgIpc) is 3.03. The average molecular weight is 315 g/mol. The Morgan fingerprint density at radius 2 is 2.17 bits per heavy atom. The molecule has 0 fully saturated rings. The van der Waals surface area contributed by atoms with Crippen LogP contribution in [0.25, 0.3) is 10.9 Å². The zero-order valence-electron chi connectivity index (χ0n) is 12.6. The van der Waals surface area contributed by atoms with Crippen molar-refractivity contribution in [3.63, 3.8) is 0 Å². The van der Waals surface area contributed by atoms with Crippen LogP contribution in [0.3, 0.4) is 0 Å². The molecule has 1 amide bonds. The number of fused-ring (bicyclic) bond motifs is 1. The van der Waals surface area contributed by atoms with Gasteiger partial charge >= 0.3 is 0 Å². The second-order valence-corrected chi connectivity index (χ2v) is 5.20. The normalized spacial score (nSPS) is 10.9. The number of halogens is 1. The van der Waals surface area contributed by atoms with E-state index in [4.69, 9.17) is 4.42 Å². The fourth-order valence-corrected chi connectivity index (χ4v) is 2.38. The minimum atomic E-state index is -0.589. The van der Waals surface area contributed by atoms with Crippen LogP contribution in [0.4, 0.5) is 4.39 Å². The van der Waals surface area contributed by atoms with Crippen molar-refractivity contribution in [2.45, 2.75) is 6.54 Å². The molecular weight excluding hydrogens is 301 g/mol. The Morgan fingerprint density at radius 1 is 1.39 bits per heavy atom. The highest BCUT2D eigenvalue weighted by atomic mass is 19.1. The number of benzene rings is 1. The number of carbonyl (C=O) groups is 1. The SMILES string of the molecule is CN(Cc1ccco1)C(=O)c1nn(C)c2ccc(F)cc2c1=O. The maximum atomic E-state index is 13.4. The molecule has 0 bridgehead atoms. The van der Waals surface area contributed by atoms with E-state index in [1.807, 2.05) is 0 Å². The van der Waals surface area contributed by atoms with Crippen LogP contribution < -0.4 is 5.43 Å². The van der Waals surface area contributed by atoms with E-state index >= 15 is 0 Å². The third-order valence-corrected chi connectivity index (χ3v) is 3.54. The molecule has 1 aromatic carbocycles. The van der Waals surface area contributed by atoms with Gasteiger partial charge in [-0.2, -0.15) is 5.10 Å². The van der Waals surface area contributed by atoms with E-state index in [0.717, 1.165) is 6.07 Å². The van der Waals surface area contributed by atoms with Crippen LogP contribution in [0, 0.1) is 5.82 Å². The third kappa shape index (κ3) is 2.73. The summed E-state index contributed by atoms with van der Waals surface area (Å²) >= 11 is 0. The van der Waals surface area contributed by atoms with Crippen LogP contribution in [-0.2, 0) is 13.6 Å². The molecule has 0 aliphatic carbocycles. The quantitative estimate of drug-likeness (QED) is 0.741. The molecule has 2 heterocycles. The summed E-state index contributed by atoms with van der Waals surface area (Å²) in [6.07, 6.45) is 1.50. The van der Waals surface area contributed by atoms with Crippen molar-refractivity contribution in [3.05, 3.63) is 64.1 Å². The summed E-state index contributed by atoms with van der Waals surface area (Å²) in [6.45, 7) is 0.206. The van der Waals surface area contributed by atoms with Crippen molar-refractivity contribution < 1.29 is 13.6 Å². The topological polar surface area (TPSA) is 68.3 Å². The summed E-state index contributed by atoms with van der Waals surface area (Å²) in [6, 6.07) is 7.26. The first-order chi connectivity index (χ1) is 11.0. The number of hydrogen-bond donors (Lipinski definition) is 0. The Kier molecular flexibility index (Phi) is 3.69. The number of nitrogens with zero attached hydrogens (tertiary/aromatic N) is 3. The number of aromatic nitrogens is 2. The number of aryl methyl sites for hydroxylation is 1. The molecule has 118 valence electrons. The lowest BCUT2D eigenvalue weighted by atomic mass is 10.2. The van der Waals surface area contributed by atoms with Gasteiger partial charge in [0.15, 0.2) is 5.69 Å². The highest BCUT2D eigenvalue weighted by Gasteiger charge is 2.21. The monoisotopic (exact) mass is 315 g/mol. The predicted molar refractivity (Wildman–Crippen MR) is 81.4 cm³/mol. The van der Waals surface area contributed by atoms with Crippen LogP contribution in [0.2, 0.25) is 0 Å². The van der Waals surface area contributed by atoms with Crippen LogP contribution >= 0.6 is 0 Å². The van der Waals surface area contributed by atoms with Gasteiger partial charge in [-0.3, -0.25) is 14.3 Å². The minimum absolute atomic E-state index is 0.122. The van der Waals surface area contributed by atoms with Gasteiger partial charge in [0.05, 0.1) is 23.7 Å². The first-order valence-electron chi connectivity index (χ1n) is 6.92. The summed E-state index contributed by atoms with van der Waals surface area (Å²) in [5.74, 6) is -0.499. The summed E-state index contributed by atoms with van der Waals surface area (Å²) in [4.78, 5) is 26.3. The molecule has 3 aromatic rings. The fourth-order valence-electron chi connectivity index (χ4n) is 2.38. The number of hydrogen-bond acceptors (Lipinski definition) is 4. The Labute approximate surface area is 130 Å². The van der Waals surface area contributed by atoms with Gasteiger partial charge in [0, 0.05) is 14.1 Å². The summed E-state index contributed by atoms with van der Waals surface area (Å²) in [5.41, 5.74) is -0.379. The van der Waals surface area contributed by atoms with Gasteiger partial charge in [-0.1, -0.05) is 0 Å². The van der Waals surface area contributed by atoms with E-state index in [-0.39, 0.29) is 17.6 Å². The van der Waals surface area contributed by atoms with Gasteiger partial charge in [-0.25, -0.2) is 4.39 Å².